The number of fused-ring (bicyclic) bond motifs is 2. The Balaban J connectivity index is 1.41. The second kappa shape index (κ2) is 7.30. The Bertz CT molecular complexity index is 757. The van der Waals surface area contributed by atoms with Gasteiger partial charge in [0.1, 0.15) is 11.4 Å². The highest BCUT2D eigenvalue weighted by atomic mass is 79.9. The second-order valence-electron chi connectivity index (χ2n) is 9.99. The molecule has 1 aliphatic heterocycles. The molecule has 5 heteroatoms. The van der Waals surface area contributed by atoms with Gasteiger partial charge in [-0.1, -0.05) is 20.8 Å². The highest BCUT2D eigenvalue weighted by Crippen LogP contribution is 2.69. The summed E-state index contributed by atoms with van der Waals surface area (Å²) in [5.41, 5.74) is 1.59. The first-order chi connectivity index (χ1) is 13.3. The lowest BCUT2D eigenvalue weighted by Crippen LogP contribution is -2.38. The lowest BCUT2D eigenvalue weighted by atomic mass is 9.64. The topological polar surface area (TPSA) is 42.4 Å². The van der Waals surface area contributed by atoms with Crippen molar-refractivity contribution in [2.24, 2.45) is 28.6 Å². The summed E-state index contributed by atoms with van der Waals surface area (Å²) < 4.78 is 5.77. The van der Waals surface area contributed by atoms with Crippen molar-refractivity contribution in [2.45, 2.75) is 59.3 Å². The van der Waals surface area contributed by atoms with E-state index in [1.807, 2.05) is 6.07 Å². The number of ether oxygens (including phenoxy) is 1. The van der Waals surface area contributed by atoms with Gasteiger partial charge in [-0.05, 0) is 89.1 Å². The summed E-state index contributed by atoms with van der Waals surface area (Å²) in [6.45, 7) is 9.54. The van der Waals surface area contributed by atoms with Crippen LogP contribution < -0.4 is 4.90 Å². The van der Waals surface area contributed by atoms with Crippen LogP contribution in [0.25, 0.3) is 0 Å². The molecule has 4 rings (SSSR count). The molecule has 1 aromatic heterocycles. The summed E-state index contributed by atoms with van der Waals surface area (Å²) in [7, 11) is 1.43. The molecule has 4 nitrogen and oxygen atoms in total. The normalized spacial score (nSPS) is 32.0. The standard InChI is InChI=1S/C23H33BrN2O2/c1-22(2)16-5-8-23(22,3)17(12-16)11-15-6-9-26(10-7-15)20-19(21(27)28-4)13-18(24)14-25-20/h13-17H,5-12H2,1-4H3. The molecular weight excluding hydrogens is 416 g/mol. The number of nitrogens with zero attached hydrogens (tertiary/aromatic N) is 2. The Morgan fingerprint density at radius 2 is 2.00 bits per heavy atom. The first kappa shape index (κ1) is 20.2. The highest BCUT2D eigenvalue weighted by molar-refractivity contribution is 9.10. The van der Waals surface area contributed by atoms with Crippen LogP contribution in [0.15, 0.2) is 16.7 Å². The van der Waals surface area contributed by atoms with Crippen LogP contribution >= 0.6 is 15.9 Å². The number of piperidine rings is 1. The Labute approximate surface area is 177 Å². The predicted molar refractivity (Wildman–Crippen MR) is 116 cm³/mol. The lowest BCUT2D eigenvalue weighted by Gasteiger charge is -2.42. The summed E-state index contributed by atoms with van der Waals surface area (Å²) in [5.74, 6) is 3.06. The van der Waals surface area contributed by atoms with Crippen LogP contribution in [-0.2, 0) is 4.74 Å². The number of aromatic nitrogens is 1. The maximum atomic E-state index is 12.2. The van der Waals surface area contributed by atoms with Crippen molar-refractivity contribution in [3.05, 3.63) is 22.3 Å². The first-order valence-electron chi connectivity index (χ1n) is 10.7. The van der Waals surface area contributed by atoms with E-state index in [2.05, 4.69) is 46.6 Å². The molecule has 3 fully saturated rings. The van der Waals surface area contributed by atoms with Crippen molar-refractivity contribution < 1.29 is 9.53 Å². The van der Waals surface area contributed by atoms with Crippen LogP contribution in [0.1, 0.15) is 69.7 Å². The molecule has 28 heavy (non-hydrogen) atoms. The monoisotopic (exact) mass is 448 g/mol. The number of hydrogen-bond donors (Lipinski definition) is 0. The average Bonchev–Trinajstić information content (AvgIpc) is 3.01. The van der Waals surface area contributed by atoms with Gasteiger partial charge in [-0.25, -0.2) is 9.78 Å². The number of carbonyl (C=O) groups excluding carboxylic acids is 1. The van der Waals surface area contributed by atoms with Gasteiger partial charge in [-0.2, -0.15) is 0 Å². The van der Waals surface area contributed by atoms with E-state index in [1.54, 1.807) is 6.20 Å². The van der Waals surface area contributed by atoms with Crippen LogP contribution in [0.4, 0.5) is 5.82 Å². The van der Waals surface area contributed by atoms with E-state index < -0.39 is 0 Å². The van der Waals surface area contributed by atoms with E-state index in [4.69, 9.17) is 4.74 Å². The van der Waals surface area contributed by atoms with Crippen molar-refractivity contribution in [1.82, 2.24) is 4.98 Å². The summed E-state index contributed by atoms with van der Waals surface area (Å²) >= 11 is 3.42. The molecular formula is C23H33BrN2O2. The Morgan fingerprint density at radius 3 is 2.57 bits per heavy atom. The van der Waals surface area contributed by atoms with Gasteiger partial charge < -0.3 is 9.64 Å². The van der Waals surface area contributed by atoms with Crippen molar-refractivity contribution in [3.8, 4) is 0 Å². The van der Waals surface area contributed by atoms with Crippen LogP contribution in [0, 0.1) is 28.6 Å². The van der Waals surface area contributed by atoms with Gasteiger partial charge in [0.25, 0.3) is 0 Å². The number of pyridine rings is 1. The second-order valence-corrected chi connectivity index (χ2v) is 10.9. The van der Waals surface area contributed by atoms with Crippen LogP contribution in [0.2, 0.25) is 0 Å². The third-order valence-corrected chi connectivity index (χ3v) is 9.18. The van der Waals surface area contributed by atoms with Gasteiger partial charge in [-0.3, -0.25) is 0 Å². The summed E-state index contributed by atoms with van der Waals surface area (Å²) in [6, 6.07) is 1.82. The minimum atomic E-state index is -0.317. The molecule has 3 atom stereocenters. The fourth-order valence-electron chi connectivity index (χ4n) is 6.45. The maximum absolute atomic E-state index is 12.2. The summed E-state index contributed by atoms with van der Waals surface area (Å²) in [4.78, 5) is 19.0. The van der Waals surface area contributed by atoms with Gasteiger partial charge in [0.05, 0.1) is 7.11 Å². The molecule has 2 saturated carbocycles. The molecule has 154 valence electrons. The molecule has 3 unspecified atom stereocenters. The van der Waals surface area contributed by atoms with Gasteiger partial charge >= 0.3 is 5.97 Å². The number of rotatable bonds is 4. The summed E-state index contributed by atoms with van der Waals surface area (Å²) in [6.07, 6.45) is 9.81. The average molecular weight is 449 g/mol. The van der Waals surface area contributed by atoms with E-state index in [0.717, 1.165) is 41.1 Å². The fourth-order valence-corrected chi connectivity index (χ4v) is 6.78. The van der Waals surface area contributed by atoms with Gasteiger partial charge in [0.15, 0.2) is 0 Å². The van der Waals surface area contributed by atoms with Crippen molar-refractivity contribution >= 4 is 27.7 Å². The molecule has 3 aliphatic rings. The van der Waals surface area contributed by atoms with Crippen LogP contribution in [0.3, 0.4) is 0 Å². The molecule has 2 bridgehead atoms. The third-order valence-electron chi connectivity index (χ3n) is 8.75. The van der Waals surface area contributed by atoms with Crippen molar-refractivity contribution in [1.29, 1.82) is 0 Å². The van der Waals surface area contributed by atoms with Crippen LogP contribution in [-0.4, -0.2) is 31.2 Å². The van der Waals surface area contributed by atoms with Crippen molar-refractivity contribution in [2.75, 3.05) is 25.1 Å². The molecule has 0 spiro atoms. The molecule has 0 aromatic carbocycles. The van der Waals surface area contributed by atoms with Crippen LogP contribution in [0.5, 0.6) is 0 Å². The minimum absolute atomic E-state index is 0.317. The largest absolute Gasteiger partial charge is 0.465 e. The highest BCUT2D eigenvalue weighted by Gasteiger charge is 2.60. The Kier molecular flexibility index (Phi) is 5.26. The third kappa shape index (κ3) is 3.18. The SMILES string of the molecule is COC(=O)c1cc(Br)cnc1N1CCC(CC2CC3CCC2(C)C3(C)C)CC1. The van der Waals surface area contributed by atoms with Crippen molar-refractivity contribution in [3.63, 3.8) is 0 Å². The number of carbonyl (C=O) groups is 1. The minimum Gasteiger partial charge on any atom is -0.465 e. The number of anilines is 1. The smallest absolute Gasteiger partial charge is 0.341 e. The molecule has 1 aromatic rings. The number of methoxy groups -OCH3 is 1. The zero-order valence-corrected chi connectivity index (χ0v) is 19.2. The Hall–Kier alpha value is -1.10. The molecule has 0 N–H and O–H groups in total. The molecule has 0 amide bonds. The molecule has 1 saturated heterocycles. The van der Waals surface area contributed by atoms with Gasteiger partial charge in [0.2, 0.25) is 0 Å². The zero-order valence-electron chi connectivity index (χ0n) is 17.6. The maximum Gasteiger partial charge on any atom is 0.341 e. The number of halogens is 1. The van der Waals surface area contributed by atoms with Gasteiger partial charge in [0, 0.05) is 23.8 Å². The van der Waals surface area contributed by atoms with E-state index >= 15 is 0 Å². The van der Waals surface area contributed by atoms with E-state index in [0.29, 0.717) is 16.4 Å². The zero-order chi connectivity index (χ0) is 20.1. The Morgan fingerprint density at radius 1 is 1.29 bits per heavy atom. The number of hydrogen-bond acceptors (Lipinski definition) is 4. The van der Waals surface area contributed by atoms with E-state index in [1.165, 1.54) is 45.6 Å². The van der Waals surface area contributed by atoms with E-state index in [9.17, 15) is 4.79 Å². The summed E-state index contributed by atoms with van der Waals surface area (Å²) in [5, 5.41) is 0. The van der Waals surface area contributed by atoms with Gasteiger partial charge in [-0.15, -0.1) is 0 Å². The predicted octanol–water partition coefficient (Wildman–Crippen LogP) is 5.70. The first-order valence-corrected chi connectivity index (χ1v) is 11.5. The number of esters is 1. The quantitative estimate of drug-likeness (QED) is 0.553. The molecule has 2 aliphatic carbocycles. The van der Waals surface area contributed by atoms with E-state index in [-0.39, 0.29) is 5.97 Å². The molecule has 2 heterocycles. The lowest BCUT2D eigenvalue weighted by molar-refractivity contribution is 0.0600. The fraction of sp³-hybridized carbons (Fsp3) is 0.739. The molecule has 0 radical (unpaired) electrons.